The summed E-state index contributed by atoms with van der Waals surface area (Å²) in [7, 11) is 0. The molecule has 0 bridgehead atoms. The van der Waals surface area contributed by atoms with E-state index in [0.29, 0.717) is 29.8 Å². The third kappa shape index (κ3) is 3.89. The number of carbonyl (C=O) groups excluding carboxylic acids is 2. The van der Waals surface area contributed by atoms with Crippen molar-refractivity contribution in [1.29, 1.82) is 0 Å². The van der Waals surface area contributed by atoms with Gasteiger partial charge < -0.3 is 21.1 Å². The Bertz CT molecular complexity index is 1190. The maximum Gasteiger partial charge on any atom is 0.277 e. The lowest BCUT2D eigenvalue weighted by Gasteiger charge is -2.32. The van der Waals surface area contributed by atoms with Crippen molar-refractivity contribution in [3.63, 3.8) is 0 Å². The number of nitrogen functional groups attached to an aromatic ring is 1. The van der Waals surface area contributed by atoms with Crippen LogP contribution in [0.2, 0.25) is 5.02 Å². The zero-order valence-electron chi connectivity index (χ0n) is 16.5. The molecule has 4 N–H and O–H groups in total. The van der Waals surface area contributed by atoms with E-state index in [9.17, 15) is 14.7 Å². The fraction of sp³-hybridized carbons (Fsp3) is 0.250. The summed E-state index contributed by atoms with van der Waals surface area (Å²) in [5, 5.41) is 17.2. The first-order valence-electron chi connectivity index (χ1n) is 9.59. The first-order valence-corrected chi connectivity index (χ1v) is 9.96. The topological polar surface area (TPSA) is 139 Å². The second-order valence-electron chi connectivity index (χ2n) is 7.15. The highest BCUT2D eigenvalue weighted by Crippen LogP contribution is 2.30. The van der Waals surface area contributed by atoms with Crippen molar-refractivity contribution in [1.82, 2.24) is 24.6 Å². The number of phenolic OH excluding ortho intramolecular Hbond substituents is 1. The molecule has 1 unspecified atom stereocenters. The van der Waals surface area contributed by atoms with Gasteiger partial charge in [-0.05, 0) is 31.1 Å². The fourth-order valence-corrected chi connectivity index (χ4v) is 3.90. The van der Waals surface area contributed by atoms with Gasteiger partial charge in [0.1, 0.15) is 17.9 Å². The van der Waals surface area contributed by atoms with Gasteiger partial charge in [-0.2, -0.15) is 5.10 Å². The smallest absolute Gasteiger partial charge is 0.277 e. The first kappa shape index (κ1) is 20.6. The van der Waals surface area contributed by atoms with E-state index in [1.807, 2.05) is 0 Å². The number of benzene rings is 1. The van der Waals surface area contributed by atoms with Gasteiger partial charge in [-0.3, -0.25) is 9.59 Å². The van der Waals surface area contributed by atoms with Crippen LogP contribution in [0, 0.1) is 0 Å². The second kappa shape index (κ2) is 8.23. The molecule has 2 amide bonds. The highest BCUT2D eigenvalue weighted by Gasteiger charge is 2.29. The Kier molecular flexibility index (Phi) is 5.47. The van der Waals surface area contributed by atoms with E-state index in [1.54, 1.807) is 9.58 Å². The minimum atomic E-state index is -0.548. The zero-order valence-corrected chi connectivity index (χ0v) is 17.2. The van der Waals surface area contributed by atoms with Crippen LogP contribution in [-0.4, -0.2) is 54.7 Å². The van der Waals surface area contributed by atoms with Crippen LogP contribution in [0.15, 0.2) is 37.2 Å². The minimum Gasteiger partial charge on any atom is -0.508 e. The van der Waals surface area contributed by atoms with E-state index in [4.69, 9.17) is 17.3 Å². The summed E-state index contributed by atoms with van der Waals surface area (Å²) in [6.07, 6.45) is 4.12. The Morgan fingerprint density at radius 1 is 1.35 bits per heavy atom. The number of hydrogen-bond acceptors (Lipinski definition) is 7. The Balaban J connectivity index is 1.72. The summed E-state index contributed by atoms with van der Waals surface area (Å²) >= 11 is 6.10. The number of amides is 2. The van der Waals surface area contributed by atoms with Crippen LogP contribution in [0.25, 0.3) is 11.0 Å². The van der Waals surface area contributed by atoms with Crippen LogP contribution in [0.1, 0.15) is 29.4 Å². The molecule has 3 aromatic rings. The molecule has 1 aliphatic rings. The number of anilines is 2. The van der Waals surface area contributed by atoms with Gasteiger partial charge in [0, 0.05) is 19.2 Å². The molecule has 11 heteroatoms. The lowest BCUT2D eigenvalue weighted by molar-refractivity contribution is -0.127. The van der Waals surface area contributed by atoms with Gasteiger partial charge in [-0.15, -0.1) is 0 Å². The van der Waals surface area contributed by atoms with Crippen molar-refractivity contribution in [2.24, 2.45) is 0 Å². The highest BCUT2D eigenvalue weighted by atomic mass is 35.5. The normalized spacial score (nSPS) is 16.3. The number of nitrogens with one attached hydrogen (secondary N) is 1. The number of phenols is 1. The van der Waals surface area contributed by atoms with Crippen molar-refractivity contribution < 1.29 is 14.7 Å². The average molecular weight is 442 g/mol. The largest absolute Gasteiger partial charge is 0.508 e. The van der Waals surface area contributed by atoms with E-state index < -0.39 is 5.91 Å². The molecule has 0 saturated carbocycles. The molecule has 1 aliphatic heterocycles. The monoisotopic (exact) mass is 441 g/mol. The number of piperidine rings is 1. The molecule has 0 aliphatic carbocycles. The Morgan fingerprint density at radius 2 is 2.16 bits per heavy atom. The van der Waals surface area contributed by atoms with Crippen molar-refractivity contribution >= 4 is 46.0 Å². The van der Waals surface area contributed by atoms with Gasteiger partial charge >= 0.3 is 0 Å². The van der Waals surface area contributed by atoms with Crippen LogP contribution in [0.5, 0.6) is 5.75 Å². The molecule has 160 valence electrons. The summed E-state index contributed by atoms with van der Waals surface area (Å²) in [6, 6.07) is 4.02. The zero-order chi connectivity index (χ0) is 22.1. The van der Waals surface area contributed by atoms with Gasteiger partial charge in [0.25, 0.3) is 5.91 Å². The number of nitrogens with two attached hydrogens (primary N) is 1. The minimum absolute atomic E-state index is 0.0219. The van der Waals surface area contributed by atoms with E-state index in [0.717, 1.165) is 12.8 Å². The predicted molar refractivity (Wildman–Crippen MR) is 116 cm³/mol. The molecule has 0 radical (unpaired) electrons. The fourth-order valence-electron chi connectivity index (χ4n) is 3.68. The lowest BCUT2D eigenvalue weighted by atomic mass is 10.1. The van der Waals surface area contributed by atoms with Crippen molar-refractivity contribution in [3.05, 3.63) is 47.9 Å². The van der Waals surface area contributed by atoms with E-state index in [-0.39, 0.29) is 34.2 Å². The molecule has 1 saturated heterocycles. The Morgan fingerprint density at radius 3 is 2.90 bits per heavy atom. The van der Waals surface area contributed by atoms with Crippen LogP contribution in [0.3, 0.4) is 0 Å². The average Bonchev–Trinajstić information content (AvgIpc) is 3.16. The molecule has 10 nitrogen and oxygen atoms in total. The third-order valence-corrected chi connectivity index (χ3v) is 5.48. The van der Waals surface area contributed by atoms with Gasteiger partial charge in [0.15, 0.2) is 11.3 Å². The molecular weight excluding hydrogens is 422 g/mol. The second-order valence-corrected chi connectivity index (χ2v) is 7.56. The van der Waals surface area contributed by atoms with Gasteiger partial charge in [-0.25, -0.2) is 14.6 Å². The number of likely N-dealkylation sites (tertiary alicyclic amines) is 1. The number of halogens is 1. The molecule has 3 heterocycles. The molecule has 1 fully saturated rings. The molecule has 31 heavy (non-hydrogen) atoms. The van der Waals surface area contributed by atoms with Gasteiger partial charge in [0.2, 0.25) is 5.91 Å². The molecule has 4 rings (SSSR count). The van der Waals surface area contributed by atoms with Gasteiger partial charge in [-0.1, -0.05) is 18.2 Å². The van der Waals surface area contributed by atoms with Crippen LogP contribution < -0.4 is 11.1 Å². The van der Waals surface area contributed by atoms with Crippen LogP contribution in [-0.2, 0) is 4.79 Å². The number of rotatable bonds is 4. The maximum atomic E-state index is 13.0. The number of aromatic nitrogens is 4. The Labute approximate surface area is 182 Å². The predicted octanol–water partition coefficient (Wildman–Crippen LogP) is 2.37. The van der Waals surface area contributed by atoms with Gasteiger partial charge in [0.05, 0.1) is 22.1 Å². The molecule has 0 spiro atoms. The standard InChI is InChI=1S/C20H20ClN7O3/c1-2-15(30)27-7-3-4-11(9-27)28-19-16(18(22)23-10-24-19)17(26-28)20(31)25-14-6-5-12(29)8-13(14)21/h2,5-6,8,10-11,29H,1,3-4,7,9H2,(H,25,31)(H2,22,23,24). The number of hydrogen-bond donors (Lipinski definition) is 3. The lowest BCUT2D eigenvalue weighted by Crippen LogP contribution is -2.40. The first-order chi connectivity index (χ1) is 14.9. The summed E-state index contributed by atoms with van der Waals surface area (Å²) in [6.45, 7) is 4.59. The summed E-state index contributed by atoms with van der Waals surface area (Å²) in [5.74, 6) is -0.609. The maximum absolute atomic E-state index is 13.0. The van der Waals surface area contributed by atoms with E-state index in [2.05, 4.69) is 27.0 Å². The van der Waals surface area contributed by atoms with Crippen molar-refractivity contribution in [2.45, 2.75) is 18.9 Å². The molecular formula is C20H20ClN7O3. The third-order valence-electron chi connectivity index (χ3n) is 5.16. The summed E-state index contributed by atoms with van der Waals surface area (Å²) in [5.41, 5.74) is 6.82. The SMILES string of the molecule is C=CC(=O)N1CCCC(n2nc(C(=O)Nc3ccc(O)cc3Cl)c3c(N)ncnc32)C1. The molecule has 1 aromatic carbocycles. The number of fused-ring (bicyclic) bond motifs is 1. The Hall–Kier alpha value is -3.66. The van der Waals surface area contributed by atoms with E-state index >= 15 is 0 Å². The summed E-state index contributed by atoms with van der Waals surface area (Å²) in [4.78, 5) is 35.1. The summed E-state index contributed by atoms with van der Waals surface area (Å²) < 4.78 is 1.63. The number of nitrogens with zero attached hydrogens (tertiary/aromatic N) is 5. The highest BCUT2D eigenvalue weighted by molar-refractivity contribution is 6.34. The quantitative estimate of drug-likeness (QED) is 0.417. The van der Waals surface area contributed by atoms with Crippen LogP contribution in [0.4, 0.5) is 11.5 Å². The van der Waals surface area contributed by atoms with Crippen LogP contribution >= 0.6 is 11.6 Å². The van der Waals surface area contributed by atoms with E-state index in [1.165, 1.54) is 30.6 Å². The van der Waals surface area contributed by atoms with Crippen molar-refractivity contribution in [3.8, 4) is 5.75 Å². The number of aromatic hydroxyl groups is 1. The molecule has 1 atom stereocenters. The number of carbonyl (C=O) groups is 2. The molecule has 2 aromatic heterocycles. The van der Waals surface area contributed by atoms with Crippen molar-refractivity contribution in [2.75, 3.05) is 24.1 Å².